The Kier molecular flexibility index (Phi) is 5.60. The van der Waals surface area contributed by atoms with Crippen LogP contribution in [-0.4, -0.2) is 22.3 Å². The molecule has 1 N–H and O–H groups in total. The van der Waals surface area contributed by atoms with Gasteiger partial charge in [-0.3, -0.25) is 4.79 Å². The molecule has 1 heterocycles. The van der Waals surface area contributed by atoms with Crippen molar-refractivity contribution in [1.29, 1.82) is 0 Å². The number of anilines is 1. The second-order valence-corrected chi connectivity index (χ2v) is 6.37. The minimum Gasteiger partial charge on any atom is -0.494 e. The fourth-order valence-electron chi connectivity index (χ4n) is 3.20. The summed E-state index contributed by atoms with van der Waals surface area (Å²) >= 11 is 0. The Bertz CT molecular complexity index is 925. The van der Waals surface area contributed by atoms with E-state index >= 15 is 0 Å². The standard InChI is InChI=1S/C22H25N3O2/c1-5-21-15(3)24-25(16(21)4)19-11-7-17(8-12-19)22(26)23-18-9-13-20(14-10-18)27-6-2/h7-14H,5-6H2,1-4H3,(H,23,26). The zero-order chi connectivity index (χ0) is 19.4. The van der Waals surface area contributed by atoms with Gasteiger partial charge >= 0.3 is 0 Å². The van der Waals surface area contributed by atoms with E-state index in [2.05, 4.69) is 24.3 Å². The molecule has 0 atom stereocenters. The van der Waals surface area contributed by atoms with E-state index in [1.807, 2.05) is 67.1 Å². The minimum atomic E-state index is -0.145. The molecule has 2 aromatic carbocycles. The molecule has 1 amide bonds. The second-order valence-electron chi connectivity index (χ2n) is 6.37. The molecule has 5 nitrogen and oxygen atoms in total. The van der Waals surface area contributed by atoms with Crippen LogP contribution in [-0.2, 0) is 6.42 Å². The fourth-order valence-corrected chi connectivity index (χ4v) is 3.20. The number of nitrogens with one attached hydrogen (secondary N) is 1. The summed E-state index contributed by atoms with van der Waals surface area (Å²) < 4.78 is 7.35. The van der Waals surface area contributed by atoms with E-state index in [0.717, 1.165) is 34.9 Å². The number of hydrogen-bond donors (Lipinski definition) is 1. The number of carbonyl (C=O) groups excluding carboxylic acids is 1. The Morgan fingerprint density at radius 1 is 1.04 bits per heavy atom. The fraction of sp³-hybridized carbons (Fsp3) is 0.273. The summed E-state index contributed by atoms with van der Waals surface area (Å²) in [7, 11) is 0. The molecule has 3 aromatic rings. The molecule has 0 spiro atoms. The number of nitrogens with zero attached hydrogens (tertiary/aromatic N) is 2. The number of aromatic nitrogens is 2. The first-order valence-electron chi connectivity index (χ1n) is 9.23. The van der Waals surface area contributed by atoms with E-state index in [1.165, 1.54) is 5.56 Å². The Morgan fingerprint density at radius 2 is 1.70 bits per heavy atom. The highest BCUT2D eigenvalue weighted by atomic mass is 16.5. The van der Waals surface area contributed by atoms with Gasteiger partial charge in [0.05, 0.1) is 18.0 Å². The van der Waals surface area contributed by atoms with E-state index in [9.17, 15) is 4.79 Å². The lowest BCUT2D eigenvalue weighted by molar-refractivity contribution is 0.102. The first-order valence-corrected chi connectivity index (χ1v) is 9.23. The van der Waals surface area contributed by atoms with Crippen LogP contribution < -0.4 is 10.1 Å². The van der Waals surface area contributed by atoms with Crippen LogP contribution in [0.4, 0.5) is 5.69 Å². The zero-order valence-corrected chi connectivity index (χ0v) is 16.2. The first kappa shape index (κ1) is 18.7. The lowest BCUT2D eigenvalue weighted by atomic mass is 10.1. The third-order valence-corrected chi connectivity index (χ3v) is 4.59. The minimum absolute atomic E-state index is 0.145. The van der Waals surface area contributed by atoms with Gasteiger partial charge in [-0.25, -0.2) is 4.68 Å². The van der Waals surface area contributed by atoms with E-state index in [4.69, 9.17) is 4.74 Å². The molecular formula is C22H25N3O2. The van der Waals surface area contributed by atoms with Crippen LogP contribution in [0.2, 0.25) is 0 Å². The van der Waals surface area contributed by atoms with Crippen molar-refractivity contribution in [3.63, 3.8) is 0 Å². The molecule has 0 aliphatic rings. The van der Waals surface area contributed by atoms with Gasteiger partial charge in [0.25, 0.3) is 5.91 Å². The average Bonchev–Trinajstić information content (AvgIpc) is 2.97. The smallest absolute Gasteiger partial charge is 0.255 e. The van der Waals surface area contributed by atoms with Crippen molar-refractivity contribution < 1.29 is 9.53 Å². The van der Waals surface area contributed by atoms with Gasteiger partial charge in [0.1, 0.15) is 5.75 Å². The third kappa shape index (κ3) is 4.03. The average molecular weight is 363 g/mol. The largest absolute Gasteiger partial charge is 0.494 e. The predicted octanol–water partition coefficient (Wildman–Crippen LogP) is 4.70. The molecule has 27 heavy (non-hydrogen) atoms. The van der Waals surface area contributed by atoms with E-state index in [1.54, 1.807) is 0 Å². The van der Waals surface area contributed by atoms with Crippen LogP contribution in [0.1, 0.15) is 41.2 Å². The number of ether oxygens (including phenoxy) is 1. The number of rotatable bonds is 6. The highest BCUT2D eigenvalue weighted by Gasteiger charge is 2.12. The second kappa shape index (κ2) is 8.08. The SMILES string of the molecule is CCOc1ccc(NC(=O)c2ccc(-n3nc(C)c(CC)c3C)cc2)cc1. The molecule has 0 aliphatic heterocycles. The van der Waals surface area contributed by atoms with Gasteiger partial charge in [0.15, 0.2) is 0 Å². The maximum absolute atomic E-state index is 12.5. The summed E-state index contributed by atoms with van der Waals surface area (Å²) in [6.07, 6.45) is 0.959. The molecule has 1 aromatic heterocycles. The maximum atomic E-state index is 12.5. The number of carbonyl (C=O) groups is 1. The van der Waals surface area contributed by atoms with Gasteiger partial charge in [-0.1, -0.05) is 6.92 Å². The third-order valence-electron chi connectivity index (χ3n) is 4.59. The normalized spacial score (nSPS) is 10.7. The topological polar surface area (TPSA) is 56.1 Å². The molecule has 140 valence electrons. The van der Waals surface area contributed by atoms with Crippen molar-refractivity contribution in [2.45, 2.75) is 34.1 Å². The molecule has 0 unspecified atom stereocenters. The summed E-state index contributed by atoms with van der Waals surface area (Å²) in [6, 6.07) is 14.8. The Morgan fingerprint density at radius 3 is 2.26 bits per heavy atom. The molecule has 0 aliphatic carbocycles. The molecule has 3 rings (SSSR count). The number of benzene rings is 2. The van der Waals surface area contributed by atoms with Gasteiger partial charge in [-0.2, -0.15) is 5.10 Å². The van der Waals surface area contributed by atoms with Gasteiger partial charge < -0.3 is 10.1 Å². The molecule has 5 heteroatoms. The van der Waals surface area contributed by atoms with Crippen LogP contribution in [0.25, 0.3) is 5.69 Å². The summed E-state index contributed by atoms with van der Waals surface area (Å²) in [4.78, 5) is 12.5. The van der Waals surface area contributed by atoms with Gasteiger partial charge in [-0.05, 0) is 81.3 Å². The van der Waals surface area contributed by atoms with Gasteiger partial charge in [0.2, 0.25) is 0 Å². The lowest BCUT2D eigenvalue weighted by Gasteiger charge is -2.09. The maximum Gasteiger partial charge on any atom is 0.255 e. The summed E-state index contributed by atoms with van der Waals surface area (Å²) in [5.74, 6) is 0.643. The number of aryl methyl sites for hydroxylation is 1. The van der Waals surface area contributed by atoms with Crippen LogP contribution in [0.15, 0.2) is 48.5 Å². The molecule has 0 radical (unpaired) electrons. The molecule has 0 fully saturated rings. The van der Waals surface area contributed by atoms with E-state index in [0.29, 0.717) is 12.2 Å². The predicted molar refractivity (Wildman–Crippen MR) is 108 cm³/mol. The molecule has 0 saturated heterocycles. The lowest BCUT2D eigenvalue weighted by Crippen LogP contribution is -2.12. The molecule has 0 saturated carbocycles. The highest BCUT2D eigenvalue weighted by Crippen LogP contribution is 2.20. The summed E-state index contributed by atoms with van der Waals surface area (Å²) in [6.45, 7) is 8.80. The first-order chi connectivity index (χ1) is 13.0. The van der Waals surface area contributed by atoms with Gasteiger partial charge in [-0.15, -0.1) is 0 Å². The Labute approximate surface area is 160 Å². The van der Waals surface area contributed by atoms with Crippen molar-refractivity contribution >= 4 is 11.6 Å². The Balaban J connectivity index is 1.74. The molecular weight excluding hydrogens is 338 g/mol. The Hall–Kier alpha value is -3.08. The van der Waals surface area contributed by atoms with E-state index < -0.39 is 0 Å². The highest BCUT2D eigenvalue weighted by molar-refractivity contribution is 6.04. The van der Waals surface area contributed by atoms with Crippen LogP contribution in [0.3, 0.4) is 0 Å². The van der Waals surface area contributed by atoms with Gasteiger partial charge in [0, 0.05) is 16.9 Å². The van der Waals surface area contributed by atoms with Crippen molar-refractivity contribution in [3.05, 3.63) is 71.0 Å². The number of hydrogen-bond acceptors (Lipinski definition) is 3. The summed E-state index contributed by atoms with van der Waals surface area (Å²) in [5.41, 5.74) is 5.75. The molecule has 0 bridgehead atoms. The van der Waals surface area contributed by atoms with Crippen molar-refractivity contribution in [1.82, 2.24) is 9.78 Å². The monoisotopic (exact) mass is 363 g/mol. The number of amides is 1. The van der Waals surface area contributed by atoms with Crippen molar-refractivity contribution in [2.24, 2.45) is 0 Å². The quantitative estimate of drug-likeness (QED) is 0.690. The van der Waals surface area contributed by atoms with Crippen LogP contribution >= 0.6 is 0 Å². The van der Waals surface area contributed by atoms with Crippen molar-refractivity contribution in [2.75, 3.05) is 11.9 Å². The van der Waals surface area contributed by atoms with E-state index in [-0.39, 0.29) is 5.91 Å². The van der Waals surface area contributed by atoms with Crippen LogP contribution in [0.5, 0.6) is 5.75 Å². The van der Waals surface area contributed by atoms with Crippen LogP contribution in [0, 0.1) is 13.8 Å². The zero-order valence-electron chi connectivity index (χ0n) is 16.2. The summed E-state index contributed by atoms with van der Waals surface area (Å²) in [5, 5.41) is 7.52. The van der Waals surface area contributed by atoms with Crippen molar-refractivity contribution in [3.8, 4) is 11.4 Å².